The van der Waals surface area contributed by atoms with E-state index in [4.69, 9.17) is 4.74 Å². The summed E-state index contributed by atoms with van der Waals surface area (Å²) in [6, 6.07) is 0. The van der Waals surface area contributed by atoms with E-state index in [2.05, 4.69) is 4.18 Å². The van der Waals surface area contributed by atoms with E-state index in [1.54, 1.807) is 0 Å². The van der Waals surface area contributed by atoms with E-state index in [9.17, 15) is 13.2 Å². The van der Waals surface area contributed by atoms with Gasteiger partial charge in [0, 0.05) is 6.42 Å². The number of esters is 1. The van der Waals surface area contributed by atoms with Gasteiger partial charge in [-0.25, -0.2) is 0 Å². The van der Waals surface area contributed by atoms with E-state index in [0.717, 1.165) is 12.7 Å². The Hall–Kier alpha value is -0.620. The van der Waals surface area contributed by atoms with Gasteiger partial charge in [-0.05, 0) is 12.8 Å². The topological polar surface area (TPSA) is 69.7 Å². The minimum absolute atomic E-state index is 0.0649. The summed E-state index contributed by atoms with van der Waals surface area (Å²) in [5.74, 6) is -0.284. The number of carbonyl (C=O) groups is 1. The second-order valence-electron chi connectivity index (χ2n) is 2.99. The van der Waals surface area contributed by atoms with Gasteiger partial charge in [0.1, 0.15) is 12.7 Å². The van der Waals surface area contributed by atoms with Gasteiger partial charge >= 0.3 is 5.97 Å². The Morgan fingerprint density at radius 3 is 2.85 bits per heavy atom. The fourth-order valence-corrected chi connectivity index (χ4v) is 1.49. The molecule has 1 rings (SSSR count). The van der Waals surface area contributed by atoms with Gasteiger partial charge in [-0.15, -0.1) is 0 Å². The zero-order valence-electron chi connectivity index (χ0n) is 7.36. The van der Waals surface area contributed by atoms with Crippen LogP contribution in [0.5, 0.6) is 0 Å². The standard InChI is InChI=1S/C7H12O5S/c1-13(9,10)11-5-6-3-2-4-7(8)12-6/h6H,2-5H2,1H3/t6-/m1/s1. The Bertz CT molecular complexity index is 281. The lowest BCUT2D eigenvalue weighted by Gasteiger charge is -2.21. The lowest BCUT2D eigenvalue weighted by Crippen LogP contribution is -2.28. The van der Waals surface area contributed by atoms with E-state index in [1.807, 2.05) is 0 Å². The maximum Gasteiger partial charge on any atom is 0.306 e. The fourth-order valence-electron chi connectivity index (χ4n) is 1.09. The summed E-state index contributed by atoms with van der Waals surface area (Å²) in [6.45, 7) is -0.0649. The maximum absolute atomic E-state index is 10.8. The lowest BCUT2D eigenvalue weighted by molar-refractivity contribution is -0.155. The molecule has 0 unspecified atom stereocenters. The summed E-state index contributed by atoms with van der Waals surface area (Å²) < 4.78 is 30.6. The summed E-state index contributed by atoms with van der Waals surface area (Å²) in [5, 5.41) is 0. The van der Waals surface area contributed by atoms with Crippen LogP contribution in [0.4, 0.5) is 0 Å². The molecule has 5 nitrogen and oxygen atoms in total. The van der Waals surface area contributed by atoms with Crippen LogP contribution in [-0.4, -0.2) is 33.4 Å². The van der Waals surface area contributed by atoms with Crippen molar-refractivity contribution in [3.8, 4) is 0 Å². The molecule has 0 aromatic carbocycles. The summed E-state index contributed by atoms with van der Waals surface area (Å²) in [6.07, 6.45) is 2.38. The smallest absolute Gasteiger partial charge is 0.306 e. The van der Waals surface area contributed by atoms with Gasteiger partial charge in [0.2, 0.25) is 0 Å². The van der Waals surface area contributed by atoms with Crippen LogP contribution in [0.15, 0.2) is 0 Å². The number of rotatable bonds is 3. The average molecular weight is 208 g/mol. The van der Waals surface area contributed by atoms with Crippen molar-refractivity contribution in [2.45, 2.75) is 25.4 Å². The first-order valence-corrected chi connectivity index (χ1v) is 5.83. The van der Waals surface area contributed by atoms with Crippen molar-refractivity contribution in [2.75, 3.05) is 12.9 Å². The zero-order valence-corrected chi connectivity index (χ0v) is 8.17. The summed E-state index contributed by atoms with van der Waals surface area (Å²) in [7, 11) is -3.43. The molecule has 13 heavy (non-hydrogen) atoms. The molecular weight excluding hydrogens is 196 g/mol. The van der Waals surface area contributed by atoms with Gasteiger partial charge in [0.05, 0.1) is 6.26 Å². The van der Waals surface area contributed by atoms with Crippen LogP contribution in [0.3, 0.4) is 0 Å². The van der Waals surface area contributed by atoms with E-state index in [-0.39, 0.29) is 12.6 Å². The van der Waals surface area contributed by atoms with Crippen LogP contribution >= 0.6 is 0 Å². The molecule has 0 aromatic rings. The average Bonchev–Trinajstić information content (AvgIpc) is 2.00. The van der Waals surface area contributed by atoms with Gasteiger partial charge in [-0.1, -0.05) is 0 Å². The molecule has 0 aromatic heterocycles. The minimum Gasteiger partial charge on any atom is -0.460 e. The van der Waals surface area contributed by atoms with E-state index >= 15 is 0 Å². The predicted molar refractivity (Wildman–Crippen MR) is 44.5 cm³/mol. The van der Waals surface area contributed by atoms with Crippen LogP contribution < -0.4 is 0 Å². The molecule has 0 spiro atoms. The van der Waals surface area contributed by atoms with Crippen LogP contribution in [0.25, 0.3) is 0 Å². The predicted octanol–water partition coefficient (Wildman–Crippen LogP) is 0.0583. The molecule has 1 aliphatic rings. The zero-order chi connectivity index (χ0) is 9.90. The Morgan fingerprint density at radius 1 is 1.62 bits per heavy atom. The van der Waals surface area contributed by atoms with Gasteiger partial charge in [-0.2, -0.15) is 8.42 Å². The minimum atomic E-state index is -3.43. The second-order valence-corrected chi connectivity index (χ2v) is 4.64. The molecule has 0 bridgehead atoms. The van der Waals surface area contributed by atoms with E-state index < -0.39 is 16.2 Å². The van der Waals surface area contributed by atoms with Crippen molar-refractivity contribution in [1.82, 2.24) is 0 Å². The van der Waals surface area contributed by atoms with Crippen LogP contribution in [0.1, 0.15) is 19.3 Å². The first-order chi connectivity index (χ1) is 5.97. The summed E-state index contributed by atoms with van der Waals surface area (Å²) in [4.78, 5) is 10.8. The van der Waals surface area contributed by atoms with Crippen molar-refractivity contribution < 1.29 is 22.1 Å². The molecule has 1 fully saturated rings. The molecule has 0 amide bonds. The molecule has 1 atom stereocenters. The monoisotopic (exact) mass is 208 g/mol. The SMILES string of the molecule is CS(=O)(=O)OC[C@H]1CCCC(=O)O1. The molecule has 6 heteroatoms. The highest BCUT2D eigenvalue weighted by atomic mass is 32.2. The molecule has 1 heterocycles. The lowest BCUT2D eigenvalue weighted by atomic mass is 10.1. The highest BCUT2D eigenvalue weighted by molar-refractivity contribution is 7.85. The molecule has 0 saturated carbocycles. The first kappa shape index (κ1) is 10.5. The van der Waals surface area contributed by atoms with Crippen molar-refractivity contribution in [2.24, 2.45) is 0 Å². The highest BCUT2D eigenvalue weighted by Gasteiger charge is 2.21. The van der Waals surface area contributed by atoms with Crippen molar-refractivity contribution in [3.05, 3.63) is 0 Å². The van der Waals surface area contributed by atoms with Crippen LogP contribution in [-0.2, 0) is 23.8 Å². The highest BCUT2D eigenvalue weighted by Crippen LogP contribution is 2.14. The van der Waals surface area contributed by atoms with Gasteiger partial charge in [0.25, 0.3) is 10.1 Å². The van der Waals surface area contributed by atoms with Crippen LogP contribution in [0, 0.1) is 0 Å². The van der Waals surface area contributed by atoms with Crippen molar-refractivity contribution >= 4 is 16.1 Å². The van der Waals surface area contributed by atoms with Crippen molar-refractivity contribution in [1.29, 1.82) is 0 Å². The number of hydrogen-bond donors (Lipinski definition) is 0. The van der Waals surface area contributed by atoms with Crippen LogP contribution in [0.2, 0.25) is 0 Å². The number of ether oxygens (including phenoxy) is 1. The molecular formula is C7H12O5S. The largest absolute Gasteiger partial charge is 0.460 e. The maximum atomic E-state index is 10.8. The Labute approximate surface area is 77.1 Å². The van der Waals surface area contributed by atoms with Gasteiger partial charge in [0.15, 0.2) is 0 Å². The quantitative estimate of drug-likeness (QED) is 0.484. The third-order valence-electron chi connectivity index (χ3n) is 1.67. The van der Waals surface area contributed by atoms with E-state index in [0.29, 0.717) is 12.8 Å². The molecule has 0 radical (unpaired) electrons. The fraction of sp³-hybridized carbons (Fsp3) is 0.857. The molecule has 1 aliphatic heterocycles. The number of cyclic esters (lactones) is 1. The summed E-state index contributed by atoms with van der Waals surface area (Å²) >= 11 is 0. The summed E-state index contributed by atoms with van der Waals surface area (Å²) in [5.41, 5.74) is 0. The number of carbonyl (C=O) groups excluding carboxylic acids is 1. The molecule has 76 valence electrons. The van der Waals surface area contributed by atoms with Gasteiger partial charge < -0.3 is 4.74 Å². The van der Waals surface area contributed by atoms with Crippen molar-refractivity contribution in [3.63, 3.8) is 0 Å². The number of hydrogen-bond acceptors (Lipinski definition) is 5. The van der Waals surface area contributed by atoms with Gasteiger partial charge in [-0.3, -0.25) is 8.98 Å². The third kappa shape index (κ3) is 4.23. The first-order valence-electron chi connectivity index (χ1n) is 4.01. The third-order valence-corrected chi connectivity index (χ3v) is 2.24. The normalized spacial score (nSPS) is 24.1. The Balaban J connectivity index is 2.33. The molecule has 0 N–H and O–H groups in total. The second kappa shape index (κ2) is 4.06. The molecule has 0 aliphatic carbocycles. The Kier molecular flexibility index (Phi) is 3.27. The van der Waals surface area contributed by atoms with E-state index in [1.165, 1.54) is 0 Å². The molecule has 1 saturated heterocycles. The Morgan fingerprint density at radius 2 is 2.31 bits per heavy atom.